The van der Waals surface area contributed by atoms with E-state index in [0.717, 1.165) is 16.0 Å². The molecule has 0 aliphatic rings. The maximum Gasteiger partial charge on any atom is 0.240 e. The van der Waals surface area contributed by atoms with Gasteiger partial charge in [-0.1, -0.05) is 40.2 Å². The summed E-state index contributed by atoms with van der Waals surface area (Å²) >= 11 is 5.02. The predicted molar refractivity (Wildman–Crippen MR) is 96.7 cm³/mol. The van der Waals surface area contributed by atoms with Crippen molar-refractivity contribution in [1.82, 2.24) is 4.72 Å². The smallest absolute Gasteiger partial charge is 0.210 e. The van der Waals surface area contributed by atoms with E-state index in [2.05, 4.69) is 39.7 Å². The predicted octanol–water partition coefficient (Wildman–Crippen LogP) is 3.97. The van der Waals surface area contributed by atoms with Crippen molar-refractivity contribution in [3.8, 4) is 0 Å². The van der Waals surface area contributed by atoms with Crippen molar-refractivity contribution in [3.05, 3.63) is 64.1 Å². The van der Waals surface area contributed by atoms with Crippen LogP contribution in [0.2, 0.25) is 0 Å². The van der Waals surface area contributed by atoms with Crippen molar-refractivity contribution in [3.63, 3.8) is 0 Å². The lowest BCUT2D eigenvalue weighted by Gasteiger charge is -2.08. The second kappa shape index (κ2) is 8.15. The normalized spacial score (nSPS) is 11.5. The van der Waals surface area contributed by atoms with Crippen LogP contribution < -0.4 is 4.72 Å². The monoisotopic (exact) mass is 399 g/mol. The van der Waals surface area contributed by atoms with E-state index in [4.69, 9.17) is 0 Å². The highest BCUT2D eigenvalue weighted by molar-refractivity contribution is 9.10. The van der Waals surface area contributed by atoms with Gasteiger partial charge in [-0.3, -0.25) is 0 Å². The van der Waals surface area contributed by atoms with Crippen LogP contribution in [-0.2, 0) is 15.8 Å². The van der Waals surface area contributed by atoms with Crippen molar-refractivity contribution < 1.29 is 8.42 Å². The van der Waals surface area contributed by atoms with Crippen molar-refractivity contribution in [1.29, 1.82) is 0 Å². The molecule has 0 amide bonds. The van der Waals surface area contributed by atoms with E-state index in [-0.39, 0.29) is 0 Å². The van der Waals surface area contributed by atoms with Crippen molar-refractivity contribution in [2.75, 3.05) is 12.3 Å². The van der Waals surface area contributed by atoms with Crippen LogP contribution in [0.3, 0.4) is 0 Å². The second-order valence-electron chi connectivity index (χ2n) is 4.83. The van der Waals surface area contributed by atoms with Gasteiger partial charge in [0.1, 0.15) is 0 Å². The number of nitrogens with one attached hydrogen (secondary N) is 1. The number of halogens is 1. The fraction of sp³-hybridized carbons (Fsp3) is 0.250. The van der Waals surface area contributed by atoms with E-state index in [9.17, 15) is 8.42 Å². The van der Waals surface area contributed by atoms with Gasteiger partial charge in [-0.25, -0.2) is 13.1 Å². The molecule has 0 heterocycles. The van der Waals surface area contributed by atoms with Gasteiger partial charge in [0.15, 0.2) is 0 Å². The first-order valence-corrected chi connectivity index (χ1v) is 10.3. The van der Waals surface area contributed by atoms with Crippen LogP contribution >= 0.6 is 27.7 Å². The molecule has 2 aromatic carbocycles. The number of thioether (sulfide) groups is 1. The van der Waals surface area contributed by atoms with E-state index in [0.29, 0.717) is 11.4 Å². The van der Waals surface area contributed by atoms with Crippen LogP contribution in [-0.4, -0.2) is 20.7 Å². The molecule has 0 spiro atoms. The summed E-state index contributed by atoms with van der Waals surface area (Å²) in [4.78, 5) is 0.291. The highest BCUT2D eigenvalue weighted by Gasteiger charge is 2.12. The molecule has 6 heteroatoms. The van der Waals surface area contributed by atoms with Gasteiger partial charge in [0.05, 0.1) is 4.90 Å². The Morgan fingerprint density at radius 1 is 1.09 bits per heavy atom. The molecule has 0 aliphatic carbocycles. The zero-order chi connectivity index (χ0) is 16.0. The summed E-state index contributed by atoms with van der Waals surface area (Å²) in [5, 5.41) is 0. The minimum atomic E-state index is -3.41. The molecule has 0 radical (unpaired) electrons. The molecule has 2 rings (SSSR count). The van der Waals surface area contributed by atoms with Crippen molar-refractivity contribution in [2.45, 2.75) is 17.6 Å². The quantitative estimate of drug-likeness (QED) is 0.716. The van der Waals surface area contributed by atoms with E-state index in [1.165, 1.54) is 11.1 Å². The molecule has 0 fully saturated rings. The molecule has 0 aliphatic heterocycles. The van der Waals surface area contributed by atoms with Crippen molar-refractivity contribution in [2.24, 2.45) is 0 Å². The van der Waals surface area contributed by atoms with Gasteiger partial charge in [0.25, 0.3) is 0 Å². The number of sulfonamides is 1. The minimum absolute atomic E-state index is 0.291. The summed E-state index contributed by atoms with van der Waals surface area (Å²) in [7, 11) is -3.41. The molecule has 1 N–H and O–H groups in total. The fourth-order valence-electron chi connectivity index (χ4n) is 1.90. The molecule has 22 heavy (non-hydrogen) atoms. The van der Waals surface area contributed by atoms with Gasteiger partial charge < -0.3 is 0 Å². The summed E-state index contributed by atoms with van der Waals surface area (Å²) in [6, 6.07) is 14.9. The maximum atomic E-state index is 12.1. The van der Waals surface area contributed by atoms with Crippen molar-refractivity contribution >= 4 is 37.7 Å². The molecule has 0 saturated carbocycles. The lowest BCUT2D eigenvalue weighted by atomic mass is 10.1. The first-order valence-electron chi connectivity index (χ1n) is 6.86. The zero-order valence-electron chi connectivity index (χ0n) is 12.3. The first kappa shape index (κ1) is 17.5. The lowest BCUT2D eigenvalue weighted by Crippen LogP contribution is -2.26. The van der Waals surface area contributed by atoms with E-state index in [1.807, 2.05) is 12.1 Å². The zero-order valence-corrected chi connectivity index (χ0v) is 15.5. The third kappa shape index (κ3) is 5.12. The number of hydrogen-bond donors (Lipinski definition) is 1. The van der Waals surface area contributed by atoms with E-state index < -0.39 is 10.0 Å². The molecule has 0 bridgehead atoms. The van der Waals surface area contributed by atoms with Crippen LogP contribution in [0.1, 0.15) is 11.1 Å². The molecule has 0 atom stereocenters. The van der Waals surface area contributed by atoms with Gasteiger partial charge in [0.2, 0.25) is 10.0 Å². The molecule has 2 aromatic rings. The SMILES string of the molecule is Cc1ccccc1CSCCNS(=O)(=O)c1ccc(Br)cc1. The topological polar surface area (TPSA) is 46.2 Å². The van der Waals surface area contributed by atoms with Gasteiger partial charge in [0, 0.05) is 22.5 Å². The van der Waals surface area contributed by atoms with Gasteiger partial charge in [-0.05, 0) is 42.3 Å². The maximum absolute atomic E-state index is 12.1. The molecule has 0 aromatic heterocycles. The second-order valence-corrected chi connectivity index (χ2v) is 8.62. The summed E-state index contributed by atoms with van der Waals surface area (Å²) in [5.74, 6) is 1.64. The average molecular weight is 400 g/mol. The van der Waals surface area contributed by atoms with Crippen LogP contribution in [0.4, 0.5) is 0 Å². The molecule has 118 valence electrons. The molecule has 0 saturated heterocycles. The average Bonchev–Trinajstić information content (AvgIpc) is 2.49. The highest BCUT2D eigenvalue weighted by Crippen LogP contribution is 2.16. The van der Waals surface area contributed by atoms with Crippen LogP contribution in [0.5, 0.6) is 0 Å². The van der Waals surface area contributed by atoms with E-state index >= 15 is 0 Å². The fourth-order valence-corrected chi connectivity index (χ4v) is 4.26. The van der Waals surface area contributed by atoms with Gasteiger partial charge in [-0.15, -0.1) is 0 Å². The molecular formula is C16H18BrNO2S2. The Bertz CT molecular complexity index is 715. The Morgan fingerprint density at radius 3 is 2.45 bits per heavy atom. The Hall–Kier alpha value is -0.820. The Balaban J connectivity index is 1.79. The van der Waals surface area contributed by atoms with Gasteiger partial charge in [-0.2, -0.15) is 11.8 Å². The van der Waals surface area contributed by atoms with Crippen LogP contribution in [0.25, 0.3) is 0 Å². The summed E-state index contributed by atoms with van der Waals surface area (Å²) in [6.07, 6.45) is 0. The standard InChI is InChI=1S/C16H18BrNO2S2/c1-13-4-2-3-5-14(13)12-21-11-10-18-22(19,20)16-8-6-15(17)7-9-16/h2-9,18H,10-12H2,1H3. The van der Waals surface area contributed by atoms with Crippen LogP contribution in [0, 0.1) is 6.92 Å². The number of aryl methyl sites for hydroxylation is 1. The van der Waals surface area contributed by atoms with E-state index in [1.54, 1.807) is 36.0 Å². The third-order valence-corrected chi connectivity index (χ3v) is 6.19. The highest BCUT2D eigenvalue weighted by atomic mass is 79.9. The molecular weight excluding hydrogens is 382 g/mol. The Labute approximate surface area is 144 Å². The Morgan fingerprint density at radius 2 is 1.77 bits per heavy atom. The number of benzene rings is 2. The Kier molecular flexibility index (Phi) is 6.50. The van der Waals surface area contributed by atoms with Crippen LogP contribution in [0.15, 0.2) is 57.9 Å². The van der Waals surface area contributed by atoms with Gasteiger partial charge >= 0.3 is 0 Å². The molecule has 3 nitrogen and oxygen atoms in total. The summed E-state index contributed by atoms with van der Waals surface area (Å²) in [5.41, 5.74) is 2.56. The largest absolute Gasteiger partial charge is 0.240 e. The number of hydrogen-bond acceptors (Lipinski definition) is 3. The minimum Gasteiger partial charge on any atom is -0.210 e. The lowest BCUT2D eigenvalue weighted by molar-refractivity contribution is 0.584. The summed E-state index contributed by atoms with van der Waals surface area (Å²) in [6.45, 7) is 2.51. The summed E-state index contributed by atoms with van der Waals surface area (Å²) < 4.78 is 27.7. The third-order valence-electron chi connectivity index (χ3n) is 3.18. The first-order chi connectivity index (χ1) is 10.5. The number of rotatable bonds is 7. The molecule has 0 unspecified atom stereocenters.